The topological polar surface area (TPSA) is 69.4 Å². The van der Waals surface area contributed by atoms with Crippen LogP contribution in [0.2, 0.25) is 0 Å². The predicted molar refractivity (Wildman–Crippen MR) is 51.5 cm³/mol. The van der Waals surface area contributed by atoms with Gasteiger partial charge in [0.2, 0.25) is 0 Å². The van der Waals surface area contributed by atoms with Crippen molar-refractivity contribution in [1.29, 1.82) is 0 Å². The van der Waals surface area contributed by atoms with Crippen LogP contribution in [0.4, 0.5) is 0 Å². The Morgan fingerprint density at radius 3 is 2.79 bits per heavy atom. The summed E-state index contributed by atoms with van der Waals surface area (Å²) in [6, 6.07) is -1.23. The van der Waals surface area contributed by atoms with Crippen LogP contribution in [0.25, 0.3) is 0 Å². The third-order valence-corrected chi connectivity index (χ3v) is 1.70. The maximum atomic E-state index is 11.1. The summed E-state index contributed by atoms with van der Waals surface area (Å²) in [6.07, 6.45) is 3.12. The Balaban J connectivity index is 4.07. The van der Waals surface area contributed by atoms with E-state index < -0.39 is 16.9 Å². The molecule has 0 bridgehead atoms. The predicted octanol–water partition coefficient (Wildman–Crippen LogP) is 1.55. The van der Waals surface area contributed by atoms with Crippen molar-refractivity contribution >= 4 is 5.97 Å². The molecule has 0 heterocycles. The van der Waals surface area contributed by atoms with Crippen LogP contribution in [0.1, 0.15) is 26.2 Å². The van der Waals surface area contributed by atoms with Crippen molar-refractivity contribution in [3.8, 4) is 0 Å². The van der Waals surface area contributed by atoms with Gasteiger partial charge in [-0.3, -0.25) is 10.1 Å². The van der Waals surface area contributed by atoms with Crippen LogP contribution < -0.4 is 0 Å². The van der Waals surface area contributed by atoms with Crippen molar-refractivity contribution in [3.63, 3.8) is 0 Å². The molecule has 0 aromatic carbocycles. The molecule has 0 aromatic heterocycles. The van der Waals surface area contributed by atoms with Crippen LogP contribution in [-0.2, 0) is 9.53 Å². The smallest absolute Gasteiger partial charge is 0.381 e. The number of unbranched alkanes of at least 4 members (excludes halogenated alkanes) is 1. The fraction of sp³-hybridized carbons (Fsp3) is 0.667. The summed E-state index contributed by atoms with van der Waals surface area (Å²) in [5.41, 5.74) is 0. The van der Waals surface area contributed by atoms with Crippen LogP contribution in [0, 0.1) is 10.1 Å². The first kappa shape index (κ1) is 12.6. The molecule has 0 aliphatic rings. The minimum Gasteiger partial charge on any atom is -0.461 e. The van der Waals surface area contributed by atoms with Gasteiger partial charge in [-0.15, -0.1) is 6.58 Å². The Labute approximate surface area is 82.9 Å². The molecule has 5 nitrogen and oxygen atoms in total. The Kier molecular flexibility index (Phi) is 6.36. The first-order chi connectivity index (χ1) is 6.63. The second-order valence-corrected chi connectivity index (χ2v) is 2.77. The third-order valence-electron chi connectivity index (χ3n) is 1.70. The van der Waals surface area contributed by atoms with Crippen LogP contribution in [0.15, 0.2) is 12.7 Å². The van der Waals surface area contributed by atoms with Gasteiger partial charge in [-0.25, -0.2) is 4.79 Å². The van der Waals surface area contributed by atoms with Crippen LogP contribution in [0.3, 0.4) is 0 Å². The summed E-state index contributed by atoms with van der Waals surface area (Å²) < 4.78 is 4.59. The van der Waals surface area contributed by atoms with E-state index in [1.54, 1.807) is 13.0 Å². The molecule has 0 radical (unpaired) electrons. The van der Waals surface area contributed by atoms with Crippen LogP contribution >= 0.6 is 0 Å². The monoisotopic (exact) mass is 201 g/mol. The maximum absolute atomic E-state index is 11.1. The van der Waals surface area contributed by atoms with E-state index in [-0.39, 0.29) is 13.0 Å². The van der Waals surface area contributed by atoms with Crippen molar-refractivity contribution < 1.29 is 14.5 Å². The standard InChI is InChI=1S/C9H15NO4/c1-3-5-6-7-8(10(12)13)9(11)14-4-2/h3,8H,1,4-7H2,2H3. The summed E-state index contributed by atoms with van der Waals surface area (Å²) in [4.78, 5) is 21.0. The summed E-state index contributed by atoms with van der Waals surface area (Å²) in [7, 11) is 0. The van der Waals surface area contributed by atoms with Gasteiger partial charge in [0.25, 0.3) is 0 Å². The Hall–Kier alpha value is -1.39. The van der Waals surface area contributed by atoms with Gasteiger partial charge in [-0.05, 0) is 19.8 Å². The summed E-state index contributed by atoms with van der Waals surface area (Å²) in [5, 5.41) is 10.5. The molecule has 0 N–H and O–H groups in total. The lowest BCUT2D eigenvalue weighted by Crippen LogP contribution is -2.31. The third kappa shape index (κ3) is 4.59. The van der Waals surface area contributed by atoms with Gasteiger partial charge in [0.15, 0.2) is 0 Å². The molecular formula is C9H15NO4. The van der Waals surface area contributed by atoms with E-state index in [0.29, 0.717) is 12.8 Å². The van der Waals surface area contributed by atoms with E-state index in [0.717, 1.165) is 0 Å². The molecule has 1 unspecified atom stereocenters. The minimum absolute atomic E-state index is 0.171. The van der Waals surface area contributed by atoms with Crippen molar-refractivity contribution in [2.45, 2.75) is 32.2 Å². The minimum atomic E-state index is -1.23. The number of esters is 1. The second kappa shape index (κ2) is 7.06. The van der Waals surface area contributed by atoms with Gasteiger partial charge >= 0.3 is 12.0 Å². The van der Waals surface area contributed by atoms with Gasteiger partial charge in [0.05, 0.1) is 6.61 Å². The van der Waals surface area contributed by atoms with Gasteiger partial charge in [-0.1, -0.05) is 6.08 Å². The normalized spacial score (nSPS) is 11.8. The molecule has 0 saturated carbocycles. The van der Waals surface area contributed by atoms with E-state index in [9.17, 15) is 14.9 Å². The average Bonchev–Trinajstić information content (AvgIpc) is 2.12. The lowest BCUT2D eigenvalue weighted by molar-refractivity contribution is -0.511. The zero-order valence-corrected chi connectivity index (χ0v) is 8.27. The molecule has 14 heavy (non-hydrogen) atoms. The number of carbonyl (C=O) groups is 1. The molecular weight excluding hydrogens is 186 g/mol. The molecule has 0 aliphatic carbocycles. The number of rotatable bonds is 7. The SMILES string of the molecule is C=CCCCC(C(=O)OCC)[N+](=O)[O-]. The van der Waals surface area contributed by atoms with E-state index in [1.165, 1.54) is 0 Å². The average molecular weight is 201 g/mol. The van der Waals surface area contributed by atoms with Crippen molar-refractivity contribution in [1.82, 2.24) is 0 Å². The molecule has 80 valence electrons. The number of ether oxygens (including phenoxy) is 1. The summed E-state index contributed by atoms with van der Waals surface area (Å²) in [5.74, 6) is -0.749. The highest BCUT2D eigenvalue weighted by molar-refractivity contribution is 5.74. The zero-order chi connectivity index (χ0) is 11.0. The second-order valence-electron chi connectivity index (χ2n) is 2.77. The Bertz CT molecular complexity index is 215. The van der Waals surface area contributed by atoms with Crippen LogP contribution in [-0.4, -0.2) is 23.5 Å². The first-order valence-corrected chi connectivity index (χ1v) is 4.54. The molecule has 1 atom stereocenters. The molecule has 0 amide bonds. The van der Waals surface area contributed by atoms with Gasteiger partial charge in [0, 0.05) is 11.3 Å². The van der Waals surface area contributed by atoms with Crippen molar-refractivity contribution in [3.05, 3.63) is 22.8 Å². The number of nitrogens with zero attached hydrogens (tertiary/aromatic N) is 1. The van der Waals surface area contributed by atoms with E-state index in [4.69, 9.17) is 0 Å². The quantitative estimate of drug-likeness (QED) is 0.206. The number of hydrogen-bond acceptors (Lipinski definition) is 4. The number of allylic oxidation sites excluding steroid dienone is 1. The Morgan fingerprint density at radius 2 is 2.36 bits per heavy atom. The molecule has 5 heteroatoms. The highest BCUT2D eigenvalue weighted by Crippen LogP contribution is 2.06. The van der Waals surface area contributed by atoms with E-state index >= 15 is 0 Å². The number of hydrogen-bond donors (Lipinski definition) is 0. The lowest BCUT2D eigenvalue weighted by Gasteiger charge is -2.07. The summed E-state index contributed by atoms with van der Waals surface area (Å²) in [6.45, 7) is 5.29. The fourth-order valence-electron chi connectivity index (χ4n) is 1.00. The molecule has 0 saturated heterocycles. The van der Waals surface area contributed by atoms with Gasteiger partial charge < -0.3 is 4.74 Å². The van der Waals surface area contributed by atoms with Crippen molar-refractivity contribution in [2.75, 3.05) is 6.61 Å². The van der Waals surface area contributed by atoms with Crippen LogP contribution in [0.5, 0.6) is 0 Å². The van der Waals surface area contributed by atoms with E-state index in [1.807, 2.05) is 0 Å². The number of carbonyl (C=O) groups excluding carboxylic acids is 1. The maximum Gasteiger partial charge on any atom is 0.381 e. The molecule has 0 aromatic rings. The van der Waals surface area contributed by atoms with Gasteiger partial charge in [0.1, 0.15) is 0 Å². The Morgan fingerprint density at radius 1 is 1.71 bits per heavy atom. The summed E-state index contributed by atoms with van der Waals surface area (Å²) >= 11 is 0. The van der Waals surface area contributed by atoms with Crippen molar-refractivity contribution in [2.24, 2.45) is 0 Å². The molecule has 0 aliphatic heterocycles. The first-order valence-electron chi connectivity index (χ1n) is 4.54. The number of nitro groups is 1. The largest absolute Gasteiger partial charge is 0.461 e. The molecule has 0 fully saturated rings. The highest BCUT2D eigenvalue weighted by Gasteiger charge is 2.30. The van der Waals surface area contributed by atoms with E-state index in [2.05, 4.69) is 11.3 Å². The highest BCUT2D eigenvalue weighted by atomic mass is 16.6. The fourth-order valence-corrected chi connectivity index (χ4v) is 1.00. The lowest BCUT2D eigenvalue weighted by atomic mass is 10.1. The molecule has 0 spiro atoms. The zero-order valence-electron chi connectivity index (χ0n) is 8.27. The van der Waals surface area contributed by atoms with Gasteiger partial charge in [-0.2, -0.15) is 0 Å². The molecule has 0 rings (SSSR count).